The van der Waals surface area contributed by atoms with E-state index in [0.29, 0.717) is 5.56 Å². The summed E-state index contributed by atoms with van der Waals surface area (Å²) in [6, 6.07) is 10.9. The van der Waals surface area contributed by atoms with Crippen molar-refractivity contribution in [3.63, 3.8) is 0 Å². The molecule has 3 aromatic carbocycles. The van der Waals surface area contributed by atoms with E-state index in [1.54, 1.807) is 6.07 Å². The SMILES string of the molecule is CC(C)(C)NCC(O)c1ccc(C[n+]2cc(Cl)c(NC(=O)c3ccc(OC(F)F)c4oc5ccc(NS(C)(=O)=O)cc5c34)c(Cl)c2)c(OP(=O)(O)O)c1. The predicted octanol–water partition coefficient (Wildman–Crippen LogP) is 6.35. The van der Waals surface area contributed by atoms with E-state index in [-0.39, 0.29) is 84.6 Å². The Kier molecular flexibility index (Phi) is 11.6. The van der Waals surface area contributed by atoms with Gasteiger partial charge in [0.05, 0.1) is 29.2 Å². The standard InChI is InChI=1S/C33H33Cl2F2N4O10PS/c1-33(2,3)38-13-24(42)17-5-6-18(27(11-17)51-52(44,45)46)14-41-15-22(34)29(23(35)16-41)39-31(43)20-8-10-26(50-32(36)37)30-28(20)21-12-19(40-53(4,47)48)7-9-25(21)49-30/h5-12,15-16,24,32,38,40,42H,13-14H2,1-4H3,(H2,44,45,46)/p+1. The van der Waals surface area contributed by atoms with E-state index in [0.717, 1.165) is 12.3 Å². The number of hydrogen-bond acceptors (Lipinski definition) is 9. The number of fused-ring (bicyclic) bond motifs is 3. The lowest BCUT2D eigenvalue weighted by Crippen LogP contribution is -2.38. The van der Waals surface area contributed by atoms with Crippen LogP contribution in [0.15, 0.2) is 65.3 Å². The minimum Gasteiger partial charge on any atom is -0.452 e. The molecule has 14 nitrogen and oxygen atoms in total. The Balaban J connectivity index is 1.47. The van der Waals surface area contributed by atoms with Crippen LogP contribution in [0.1, 0.15) is 48.4 Å². The van der Waals surface area contributed by atoms with E-state index < -0.39 is 36.5 Å². The second kappa shape index (κ2) is 15.4. The Labute approximate surface area is 311 Å². The van der Waals surface area contributed by atoms with E-state index in [2.05, 4.69) is 20.1 Å². The third-order valence-electron chi connectivity index (χ3n) is 7.49. The highest BCUT2D eigenvalue weighted by Gasteiger charge is 2.26. The molecule has 5 rings (SSSR count). The van der Waals surface area contributed by atoms with Crippen molar-refractivity contribution >= 4 is 80.3 Å². The molecule has 0 aliphatic heterocycles. The first kappa shape index (κ1) is 40.1. The zero-order valence-corrected chi connectivity index (χ0v) is 31.6. The summed E-state index contributed by atoms with van der Waals surface area (Å²) in [5.74, 6) is -1.37. The van der Waals surface area contributed by atoms with Gasteiger partial charge in [-0.3, -0.25) is 19.3 Å². The van der Waals surface area contributed by atoms with Gasteiger partial charge in [0.25, 0.3) is 5.91 Å². The van der Waals surface area contributed by atoms with E-state index >= 15 is 0 Å². The smallest absolute Gasteiger partial charge is 0.452 e. The highest BCUT2D eigenvalue weighted by atomic mass is 35.5. The van der Waals surface area contributed by atoms with Crippen LogP contribution in [-0.2, 0) is 21.1 Å². The van der Waals surface area contributed by atoms with Crippen LogP contribution >= 0.6 is 31.0 Å². The summed E-state index contributed by atoms with van der Waals surface area (Å²) < 4.78 is 81.2. The Morgan fingerprint density at radius 1 is 1.04 bits per heavy atom. The molecule has 0 radical (unpaired) electrons. The van der Waals surface area contributed by atoms with Crippen LogP contribution in [0.2, 0.25) is 10.0 Å². The van der Waals surface area contributed by atoms with Crippen molar-refractivity contribution in [1.29, 1.82) is 0 Å². The number of hydrogen-bond donors (Lipinski definition) is 6. The van der Waals surface area contributed by atoms with E-state index in [4.69, 9.17) is 32.1 Å². The number of aliphatic hydroxyl groups is 1. The number of pyridine rings is 1. The fraction of sp³-hybridized carbons (Fsp3) is 0.273. The molecule has 6 N–H and O–H groups in total. The minimum absolute atomic E-state index is 0.0337. The number of anilines is 2. The molecule has 1 amide bonds. The highest BCUT2D eigenvalue weighted by Crippen LogP contribution is 2.41. The van der Waals surface area contributed by atoms with Gasteiger partial charge < -0.3 is 29.4 Å². The van der Waals surface area contributed by atoms with Gasteiger partial charge >= 0.3 is 14.4 Å². The third kappa shape index (κ3) is 10.3. The van der Waals surface area contributed by atoms with Gasteiger partial charge in [-0.05, 0) is 68.8 Å². The molecule has 2 aromatic heterocycles. The van der Waals surface area contributed by atoms with Crippen molar-refractivity contribution in [2.24, 2.45) is 0 Å². The maximum atomic E-state index is 13.8. The third-order valence-corrected chi connectivity index (χ3v) is 9.11. The number of rotatable bonds is 13. The quantitative estimate of drug-likeness (QED) is 0.0572. The van der Waals surface area contributed by atoms with Gasteiger partial charge in [-0.15, -0.1) is 0 Å². The number of aliphatic hydroxyl groups excluding tert-OH is 1. The lowest BCUT2D eigenvalue weighted by atomic mass is 10.0. The van der Waals surface area contributed by atoms with Crippen LogP contribution < -0.4 is 29.2 Å². The van der Waals surface area contributed by atoms with Gasteiger partial charge in [-0.1, -0.05) is 29.3 Å². The molecule has 53 heavy (non-hydrogen) atoms. The predicted molar refractivity (Wildman–Crippen MR) is 194 cm³/mol. The topological polar surface area (TPSA) is 201 Å². The average molecular weight is 819 g/mol. The zero-order valence-electron chi connectivity index (χ0n) is 28.4. The molecule has 0 saturated heterocycles. The molecule has 0 saturated carbocycles. The van der Waals surface area contributed by atoms with Crippen molar-refractivity contribution in [2.45, 2.75) is 45.6 Å². The van der Waals surface area contributed by atoms with Crippen molar-refractivity contribution in [3.05, 3.63) is 87.7 Å². The van der Waals surface area contributed by atoms with E-state index in [1.807, 2.05) is 20.8 Å². The Morgan fingerprint density at radius 3 is 2.32 bits per heavy atom. The summed E-state index contributed by atoms with van der Waals surface area (Å²) in [6.07, 6.45) is 2.68. The molecule has 2 heterocycles. The molecule has 0 aliphatic carbocycles. The summed E-state index contributed by atoms with van der Waals surface area (Å²) in [4.78, 5) is 32.9. The maximum absolute atomic E-state index is 13.8. The van der Waals surface area contributed by atoms with Gasteiger partial charge in [0.15, 0.2) is 30.3 Å². The Bertz CT molecular complexity index is 2340. The molecule has 0 bridgehead atoms. The fourth-order valence-electron chi connectivity index (χ4n) is 5.31. The van der Waals surface area contributed by atoms with Crippen molar-refractivity contribution in [3.8, 4) is 11.5 Å². The molecular formula is C33H34Cl2F2N4O10PS+. The van der Waals surface area contributed by atoms with Gasteiger partial charge in [-0.25, -0.2) is 13.0 Å². The monoisotopic (exact) mass is 817 g/mol. The van der Waals surface area contributed by atoms with Crippen LogP contribution in [0.25, 0.3) is 21.9 Å². The van der Waals surface area contributed by atoms with Crippen molar-refractivity contribution < 1.29 is 59.7 Å². The molecule has 0 spiro atoms. The number of furan rings is 1. The number of aromatic nitrogens is 1. The molecule has 5 aromatic rings. The van der Waals surface area contributed by atoms with Crippen LogP contribution in [0.4, 0.5) is 20.2 Å². The molecule has 0 aliphatic rings. The summed E-state index contributed by atoms with van der Waals surface area (Å²) in [5, 5.41) is 16.6. The van der Waals surface area contributed by atoms with Crippen molar-refractivity contribution in [1.82, 2.24) is 5.32 Å². The minimum atomic E-state index is -5.02. The normalized spacial score (nSPS) is 13.1. The maximum Gasteiger partial charge on any atom is 0.524 e. The first-order valence-corrected chi connectivity index (χ1v) is 19.7. The summed E-state index contributed by atoms with van der Waals surface area (Å²) in [6.45, 7) is 2.61. The zero-order chi connectivity index (χ0) is 39.0. The number of nitrogens with one attached hydrogen (secondary N) is 3. The summed E-state index contributed by atoms with van der Waals surface area (Å²) in [7, 11) is -8.72. The van der Waals surface area contributed by atoms with Crippen LogP contribution in [0, 0.1) is 0 Å². The number of ether oxygens (including phenoxy) is 1. The number of amides is 1. The second-order valence-corrected chi connectivity index (χ2v) is 16.7. The fourth-order valence-corrected chi connectivity index (χ4v) is 6.89. The number of phosphoric acid groups is 1. The summed E-state index contributed by atoms with van der Waals surface area (Å²) in [5.41, 5.74) is 0.249. The van der Waals surface area contributed by atoms with Crippen LogP contribution in [0.3, 0.4) is 0 Å². The number of sulfonamides is 1. The average Bonchev–Trinajstić information content (AvgIpc) is 3.40. The Hall–Kier alpha value is -4.06. The highest BCUT2D eigenvalue weighted by molar-refractivity contribution is 7.92. The largest absolute Gasteiger partial charge is 0.524 e. The Morgan fingerprint density at radius 2 is 1.72 bits per heavy atom. The number of nitrogens with zero attached hydrogens (tertiary/aromatic N) is 1. The van der Waals surface area contributed by atoms with Gasteiger partial charge in [0.1, 0.15) is 21.4 Å². The molecule has 1 unspecified atom stereocenters. The number of carbonyl (C=O) groups is 1. The summed E-state index contributed by atoms with van der Waals surface area (Å²) >= 11 is 13.1. The molecule has 284 valence electrons. The number of phosphoric ester groups is 1. The number of alkyl halides is 2. The number of carbonyl (C=O) groups excluding carboxylic acids is 1. The van der Waals surface area contributed by atoms with Gasteiger partial charge in [-0.2, -0.15) is 13.3 Å². The van der Waals surface area contributed by atoms with Gasteiger partial charge in [0, 0.05) is 28.5 Å². The first-order chi connectivity index (χ1) is 24.6. The molecule has 20 heteroatoms. The second-order valence-electron chi connectivity index (χ2n) is 12.9. The first-order valence-electron chi connectivity index (χ1n) is 15.5. The van der Waals surface area contributed by atoms with E-state index in [9.17, 15) is 41.5 Å². The lowest BCUT2D eigenvalue weighted by Gasteiger charge is -2.23. The van der Waals surface area contributed by atoms with Crippen molar-refractivity contribution in [2.75, 3.05) is 22.8 Å². The molecule has 0 fully saturated rings. The van der Waals surface area contributed by atoms with Gasteiger partial charge in [0.2, 0.25) is 10.0 Å². The number of halogens is 4. The lowest BCUT2D eigenvalue weighted by molar-refractivity contribution is -0.688. The number of β-amino-alcohol motifs (C(OH)–C–C–N with tert-alkyl or cyclic N) is 1. The van der Waals surface area contributed by atoms with E-state index in [1.165, 1.54) is 53.4 Å². The molecule has 1 atom stereocenters. The van der Waals surface area contributed by atoms with Crippen LogP contribution in [-0.4, -0.2) is 54.2 Å². The molecular weight excluding hydrogens is 784 g/mol. The van der Waals surface area contributed by atoms with Crippen LogP contribution in [0.5, 0.6) is 11.5 Å². The number of benzene rings is 3.